The molecule has 2 aromatic heterocycles. The fourth-order valence-electron chi connectivity index (χ4n) is 2.36. The Bertz CT molecular complexity index is 541. The molecule has 0 spiro atoms. The predicted molar refractivity (Wildman–Crippen MR) is 63.2 cm³/mol. The third-order valence-corrected chi connectivity index (χ3v) is 3.40. The minimum atomic E-state index is 0.211. The molecule has 1 aliphatic rings. The highest BCUT2D eigenvalue weighted by Crippen LogP contribution is 2.31. The molecule has 3 rings (SSSR count). The zero-order chi connectivity index (χ0) is 11.8. The molecular formula is C11H13ClN4O. The summed E-state index contributed by atoms with van der Waals surface area (Å²) >= 11 is 5.91. The van der Waals surface area contributed by atoms with E-state index in [1.807, 2.05) is 6.07 Å². The zero-order valence-electron chi connectivity index (χ0n) is 9.51. The lowest BCUT2D eigenvalue weighted by Gasteiger charge is -2.14. The molecule has 0 aromatic carbocycles. The van der Waals surface area contributed by atoms with Crippen LogP contribution in [0.2, 0.25) is 5.15 Å². The van der Waals surface area contributed by atoms with Crippen molar-refractivity contribution < 1.29 is 4.74 Å². The van der Waals surface area contributed by atoms with Gasteiger partial charge >= 0.3 is 0 Å². The highest BCUT2D eigenvalue weighted by molar-refractivity contribution is 6.29. The SMILES string of the molecule is CCC1OCCC1c1nnc2ccc(Cl)nn12. The first-order valence-corrected chi connectivity index (χ1v) is 6.17. The molecule has 1 aliphatic heterocycles. The van der Waals surface area contributed by atoms with E-state index in [1.165, 1.54) is 0 Å². The number of ether oxygens (including phenoxy) is 1. The predicted octanol–water partition coefficient (Wildman–Crippen LogP) is 2.06. The molecule has 6 heteroatoms. The van der Waals surface area contributed by atoms with Crippen molar-refractivity contribution in [1.29, 1.82) is 0 Å². The van der Waals surface area contributed by atoms with Gasteiger partial charge in [-0.2, -0.15) is 9.61 Å². The first-order chi connectivity index (χ1) is 8.29. The summed E-state index contributed by atoms with van der Waals surface area (Å²) in [6, 6.07) is 3.54. The number of nitrogens with zero attached hydrogens (tertiary/aromatic N) is 4. The Kier molecular flexibility index (Phi) is 2.72. The Morgan fingerprint density at radius 3 is 3.18 bits per heavy atom. The maximum atomic E-state index is 5.91. The largest absolute Gasteiger partial charge is 0.377 e. The van der Waals surface area contributed by atoms with Gasteiger partial charge in [-0.05, 0) is 25.0 Å². The van der Waals surface area contributed by atoms with E-state index in [9.17, 15) is 0 Å². The molecule has 0 bridgehead atoms. The molecule has 2 atom stereocenters. The molecule has 2 unspecified atom stereocenters. The van der Waals surface area contributed by atoms with Crippen LogP contribution in [0.3, 0.4) is 0 Å². The fraction of sp³-hybridized carbons (Fsp3) is 0.545. The Morgan fingerprint density at radius 2 is 2.35 bits per heavy atom. The fourth-order valence-corrected chi connectivity index (χ4v) is 2.50. The molecule has 0 radical (unpaired) electrons. The average molecular weight is 253 g/mol. The van der Waals surface area contributed by atoms with Crippen molar-refractivity contribution in [2.75, 3.05) is 6.61 Å². The summed E-state index contributed by atoms with van der Waals surface area (Å²) in [6.07, 6.45) is 2.15. The molecule has 90 valence electrons. The van der Waals surface area contributed by atoms with Gasteiger partial charge in [0.15, 0.2) is 11.5 Å². The lowest BCUT2D eigenvalue weighted by Crippen LogP contribution is -2.16. The maximum absolute atomic E-state index is 5.91. The van der Waals surface area contributed by atoms with Crippen molar-refractivity contribution in [3.8, 4) is 0 Å². The van der Waals surface area contributed by atoms with Crippen LogP contribution in [0, 0.1) is 0 Å². The molecule has 2 aromatic rings. The van der Waals surface area contributed by atoms with E-state index in [0.29, 0.717) is 5.15 Å². The van der Waals surface area contributed by atoms with E-state index in [-0.39, 0.29) is 12.0 Å². The number of rotatable bonds is 2. The Morgan fingerprint density at radius 1 is 1.47 bits per heavy atom. The molecule has 0 N–H and O–H groups in total. The highest BCUT2D eigenvalue weighted by Gasteiger charge is 2.32. The summed E-state index contributed by atoms with van der Waals surface area (Å²) in [7, 11) is 0. The second kappa shape index (κ2) is 4.23. The quantitative estimate of drug-likeness (QED) is 0.821. The number of hydrogen-bond donors (Lipinski definition) is 0. The van der Waals surface area contributed by atoms with Crippen molar-refractivity contribution in [3.63, 3.8) is 0 Å². The van der Waals surface area contributed by atoms with Gasteiger partial charge in [0.2, 0.25) is 0 Å². The van der Waals surface area contributed by atoms with Crippen LogP contribution in [0.15, 0.2) is 12.1 Å². The van der Waals surface area contributed by atoms with Gasteiger partial charge in [-0.25, -0.2) is 0 Å². The molecule has 1 saturated heterocycles. The van der Waals surface area contributed by atoms with Crippen LogP contribution in [-0.2, 0) is 4.74 Å². The van der Waals surface area contributed by atoms with E-state index in [4.69, 9.17) is 16.3 Å². The molecule has 3 heterocycles. The lowest BCUT2D eigenvalue weighted by molar-refractivity contribution is 0.0991. The van der Waals surface area contributed by atoms with Crippen molar-refractivity contribution in [2.45, 2.75) is 31.8 Å². The molecule has 1 fully saturated rings. The van der Waals surface area contributed by atoms with Crippen molar-refractivity contribution in [2.24, 2.45) is 0 Å². The average Bonchev–Trinajstić information content (AvgIpc) is 2.93. The monoisotopic (exact) mass is 252 g/mol. The van der Waals surface area contributed by atoms with Gasteiger partial charge in [0.1, 0.15) is 5.15 Å². The molecular weight excluding hydrogens is 240 g/mol. The van der Waals surface area contributed by atoms with Gasteiger partial charge < -0.3 is 4.74 Å². The van der Waals surface area contributed by atoms with E-state index < -0.39 is 0 Å². The van der Waals surface area contributed by atoms with Crippen LogP contribution in [0.5, 0.6) is 0 Å². The summed E-state index contributed by atoms with van der Waals surface area (Å²) in [5.74, 6) is 1.12. The van der Waals surface area contributed by atoms with Crippen LogP contribution >= 0.6 is 11.6 Å². The van der Waals surface area contributed by atoms with Crippen LogP contribution in [-0.4, -0.2) is 32.5 Å². The first-order valence-electron chi connectivity index (χ1n) is 5.79. The standard InChI is InChI=1S/C11H13ClN4O/c1-2-8-7(5-6-17-8)11-14-13-10-4-3-9(12)15-16(10)11/h3-4,7-8H,2,5-6H2,1H3. The van der Waals surface area contributed by atoms with E-state index in [1.54, 1.807) is 10.6 Å². The Balaban J connectivity index is 2.07. The normalized spacial score (nSPS) is 24.6. The van der Waals surface area contributed by atoms with Crippen LogP contribution in [0.1, 0.15) is 31.5 Å². The van der Waals surface area contributed by atoms with Gasteiger partial charge in [-0.15, -0.1) is 10.2 Å². The van der Waals surface area contributed by atoms with Crippen molar-refractivity contribution in [1.82, 2.24) is 19.8 Å². The number of fused-ring (bicyclic) bond motifs is 1. The topological polar surface area (TPSA) is 52.3 Å². The van der Waals surface area contributed by atoms with Gasteiger partial charge in [0.05, 0.1) is 6.10 Å². The van der Waals surface area contributed by atoms with Gasteiger partial charge in [-0.1, -0.05) is 18.5 Å². The minimum absolute atomic E-state index is 0.211. The first kappa shape index (κ1) is 10.9. The Hall–Kier alpha value is -1.20. The van der Waals surface area contributed by atoms with E-state index in [2.05, 4.69) is 22.2 Å². The van der Waals surface area contributed by atoms with E-state index >= 15 is 0 Å². The summed E-state index contributed by atoms with van der Waals surface area (Å²) < 4.78 is 7.40. The summed E-state index contributed by atoms with van der Waals surface area (Å²) in [6.45, 7) is 2.89. The summed E-state index contributed by atoms with van der Waals surface area (Å²) in [5.41, 5.74) is 0.728. The van der Waals surface area contributed by atoms with Crippen LogP contribution in [0.25, 0.3) is 5.65 Å². The van der Waals surface area contributed by atoms with Gasteiger partial charge in [0, 0.05) is 12.5 Å². The van der Waals surface area contributed by atoms with Crippen LogP contribution < -0.4 is 0 Å². The highest BCUT2D eigenvalue weighted by atomic mass is 35.5. The smallest absolute Gasteiger partial charge is 0.178 e. The molecule has 5 nitrogen and oxygen atoms in total. The third kappa shape index (κ3) is 1.79. The van der Waals surface area contributed by atoms with Gasteiger partial charge in [-0.3, -0.25) is 0 Å². The number of aromatic nitrogens is 4. The second-order valence-corrected chi connectivity index (χ2v) is 4.58. The Labute approximate surface area is 104 Å². The number of hydrogen-bond acceptors (Lipinski definition) is 4. The molecule has 17 heavy (non-hydrogen) atoms. The molecule has 0 saturated carbocycles. The number of halogens is 1. The lowest BCUT2D eigenvalue weighted by atomic mass is 9.99. The molecule has 0 aliphatic carbocycles. The maximum Gasteiger partial charge on any atom is 0.178 e. The summed E-state index contributed by atoms with van der Waals surface area (Å²) in [5, 5.41) is 13.0. The minimum Gasteiger partial charge on any atom is -0.377 e. The third-order valence-electron chi connectivity index (χ3n) is 3.20. The zero-order valence-corrected chi connectivity index (χ0v) is 10.3. The van der Waals surface area contributed by atoms with E-state index in [0.717, 1.165) is 30.9 Å². The van der Waals surface area contributed by atoms with Crippen LogP contribution in [0.4, 0.5) is 0 Å². The molecule has 0 amide bonds. The van der Waals surface area contributed by atoms with Gasteiger partial charge in [0.25, 0.3) is 0 Å². The second-order valence-electron chi connectivity index (χ2n) is 4.20. The van der Waals surface area contributed by atoms with Crippen molar-refractivity contribution >= 4 is 17.2 Å². The summed E-state index contributed by atoms with van der Waals surface area (Å²) in [4.78, 5) is 0. The van der Waals surface area contributed by atoms with Crippen molar-refractivity contribution in [3.05, 3.63) is 23.1 Å².